The van der Waals surface area contributed by atoms with Crippen molar-refractivity contribution in [3.8, 4) is 23.0 Å². The predicted octanol–water partition coefficient (Wildman–Crippen LogP) is 5.02. The smallest absolute Gasteiger partial charge is 0.258 e. The number of methoxy groups -OCH3 is 1. The summed E-state index contributed by atoms with van der Waals surface area (Å²) < 4.78 is 15.4. The molecule has 0 saturated heterocycles. The van der Waals surface area contributed by atoms with Crippen molar-refractivity contribution in [3.05, 3.63) is 47.7 Å². The van der Waals surface area contributed by atoms with Crippen LogP contribution in [0.1, 0.15) is 55.5 Å². The summed E-state index contributed by atoms with van der Waals surface area (Å²) in [5.41, 5.74) is 4.80. The second-order valence-corrected chi connectivity index (χ2v) is 9.77. The minimum Gasteiger partial charge on any atom is -0.481 e. The van der Waals surface area contributed by atoms with Gasteiger partial charge in [-0.15, -0.1) is 0 Å². The first-order valence-electron chi connectivity index (χ1n) is 12.4. The van der Waals surface area contributed by atoms with Crippen molar-refractivity contribution in [2.24, 2.45) is 13.0 Å². The van der Waals surface area contributed by atoms with Gasteiger partial charge < -0.3 is 14.0 Å². The fourth-order valence-electron chi connectivity index (χ4n) is 4.61. The minimum atomic E-state index is -0.286. The Kier molecular flexibility index (Phi) is 6.38. The molecule has 0 radical (unpaired) electrons. The second-order valence-electron chi connectivity index (χ2n) is 9.77. The molecule has 36 heavy (non-hydrogen) atoms. The molecule has 1 aliphatic heterocycles. The number of aryl methyl sites for hydroxylation is 1. The van der Waals surface area contributed by atoms with Gasteiger partial charge in [0.2, 0.25) is 17.7 Å². The van der Waals surface area contributed by atoms with Gasteiger partial charge in [-0.3, -0.25) is 10.1 Å². The van der Waals surface area contributed by atoms with E-state index in [0.29, 0.717) is 53.0 Å². The van der Waals surface area contributed by atoms with E-state index < -0.39 is 0 Å². The molecule has 1 N–H and O–H groups in total. The van der Waals surface area contributed by atoms with E-state index in [0.717, 1.165) is 30.4 Å². The van der Waals surface area contributed by atoms with Crippen LogP contribution in [0.2, 0.25) is 0 Å². The number of hydrogen-bond donors (Lipinski definition) is 1. The Morgan fingerprint density at radius 3 is 2.81 bits per heavy atom. The van der Waals surface area contributed by atoms with Gasteiger partial charge in [-0.25, -0.2) is 14.6 Å². The fraction of sp³-hybridized carbons (Fsp3) is 0.407. The normalized spacial score (nSPS) is 16.5. The number of fused-ring (bicyclic) bond motifs is 7. The highest BCUT2D eigenvalue weighted by Crippen LogP contribution is 2.32. The van der Waals surface area contributed by atoms with Gasteiger partial charge in [-0.05, 0) is 48.4 Å². The lowest BCUT2D eigenvalue weighted by molar-refractivity contribution is 0.102. The molecular formula is C27H32N6O3. The number of hydrogen-bond acceptors (Lipinski definition) is 6. The van der Waals surface area contributed by atoms with Crippen molar-refractivity contribution < 1.29 is 14.3 Å². The van der Waals surface area contributed by atoms with Gasteiger partial charge in [0.1, 0.15) is 0 Å². The van der Waals surface area contributed by atoms with Crippen LogP contribution in [0.5, 0.6) is 11.8 Å². The number of ether oxygens (including phenoxy) is 2. The SMILES string of the molecule is COc1cc2cc(n1)-c1cnn(C)c1OCCC[C@@H](C)Cn1c(nc3ccc(C(C)C)cc31)NC2=O. The monoisotopic (exact) mass is 488 g/mol. The van der Waals surface area contributed by atoms with Gasteiger partial charge in [-0.2, -0.15) is 5.10 Å². The number of imidazole rings is 1. The van der Waals surface area contributed by atoms with Crippen molar-refractivity contribution in [2.45, 2.75) is 46.1 Å². The van der Waals surface area contributed by atoms with Crippen LogP contribution in [0, 0.1) is 5.92 Å². The summed E-state index contributed by atoms with van der Waals surface area (Å²) in [5, 5.41) is 7.41. The molecule has 1 amide bonds. The van der Waals surface area contributed by atoms with Crippen LogP contribution in [0.25, 0.3) is 22.3 Å². The molecule has 0 saturated carbocycles. The van der Waals surface area contributed by atoms with Crippen molar-refractivity contribution in [1.29, 1.82) is 0 Å². The van der Waals surface area contributed by atoms with Crippen LogP contribution >= 0.6 is 0 Å². The van der Waals surface area contributed by atoms with Crippen LogP contribution in [0.15, 0.2) is 36.5 Å². The molecule has 3 aromatic heterocycles. The summed E-state index contributed by atoms with van der Waals surface area (Å²) in [6, 6.07) is 9.68. The number of aromatic nitrogens is 5. The topological polar surface area (TPSA) is 96.1 Å². The first kappa shape index (κ1) is 23.8. The zero-order chi connectivity index (χ0) is 25.4. The fourth-order valence-corrected chi connectivity index (χ4v) is 4.61. The van der Waals surface area contributed by atoms with Crippen LogP contribution in [-0.2, 0) is 13.6 Å². The van der Waals surface area contributed by atoms with Crippen LogP contribution < -0.4 is 14.8 Å². The van der Waals surface area contributed by atoms with E-state index in [2.05, 4.69) is 52.9 Å². The number of nitrogens with one attached hydrogen (secondary N) is 1. The molecule has 9 nitrogen and oxygen atoms in total. The van der Waals surface area contributed by atoms with E-state index in [4.69, 9.17) is 14.5 Å². The summed E-state index contributed by atoms with van der Waals surface area (Å²) in [5.74, 6) is 1.94. The zero-order valence-corrected chi connectivity index (χ0v) is 21.4. The summed E-state index contributed by atoms with van der Waals surface area (Å²) in [6.07, 6.45) is 3.54. The second kappa shape index (κ2) is 9.64. The van der Waals surface area contributed by atoms with E-state index in [1.165, 1.54) is 12.7 Å². The van der Waals surface area contributed by atoms with Crippen molar-refractivity contribution in [3.63, 3.8) is 0 Å². The Labute approximate surface area is 210 Å². The van der Waals surface area contributed by atoms with Crippen molar-refractivity contribution in [2.75, 3.05) is 19.0 Å². The lowest BCUT2D eigenvalue weighted by Gasteiger charge is -2.16. The van der Waals surface area contributed by atoms with Crippen LogP contribution in [0.3, 0.4) is 0 Å². The minimum absolute atomic E-state index is 0.286. The maximum absolute atomic E-state index is 13.5. The summed E-state index contributed by atoms with van der Waals surface area (Å²) >= 11 is 0. The molecule has 1 atom stereocenters. The Morgan fingerprint density at radius 1 is 1.19 bits per heavy atom. The number of rotatable bonds is 2. The third kappa shape index (κ3) is 4.53. The molecule has 0 aliphatic carbocycles. The van der Waals surface area contributed by atoms with Crippen molar-refractivity contribution >= 4 is 22.9 Å². The molecule has 0 unspecified atom stereocenters. The number of pyridine rings is 1. The number of nitrogens with zero attached hydrogens (tertiary/aromatic N) is 5. The molecule has 1 aliphatic rings. The summed E-state index contributed by atoms with van der Waals surface area (Å²) in [4.78, 5) is 22.9. The van der Waals surface area contributed by atoms with Crippen molar-refractivity contribution in [1.82, 2.24) is 24.3 Å². The zero-order valence-electron chi connectivity index (χ0n) is 21.4. The highest BCUT2D eigenvalue weighted by atomic mass is 16.5. The molecule has 0 spiro atoms. The first-order chi connectivity index (χ1) is 17.3. The quantitative estimate of drug-likeness (QED) is 0.425. The predicted molar refractivity (Wildman–Crippen MR) is 139 cm³/mol. The standard InChI is InChI=1S/C27H32N6O3/c1-16(2)18-8-9-21-23(12-18)33-15-17(3)7-6-10-36-26-20(14-28-32(26)4)22-11-19(13-24(29-22)35-5)25(34)31-27(33)30-21/h8-9,11-14,16-17H,6-7,10,15H2,1-5H3,(H,30,31,34)/t17-/m1/s1. The van der Waals surface area contributed by atoms with Gasteiger partial charge in [0.05, 0.1) is 42.2 Å². The van der Waals surface area contributed by atoms with E-state index in [1.54, 1.807) is 23.0 Å². The van der Waals surface area contributed by atoms with Gasteiger partial charge >= 0.3 is 0 Å². The van der Waals surface area contributed by atoms with E-state index in [1.807, 2.05) is 13.1 Å². The Bertz CT molecular complexity index is 1420. The lowest BCUT2D eigenvalue weighted by atomic mass is 10.0. The molecule has 2 bridgehead atoms. The average molecular weight is 489 g/mol. The number of amides is 1. The van der Waals surface area contributed by atoms with Gasteiger partial charge in [0, 0.05) is 25.2 Å². The van der Waals surface area contributed by atoms with Crippen LogP contribution in [-0.4, -0.2) is 43.9 Å². The third-order valence-electron chi connectivity index (χ3n) is 6.67. The largest absolute Gasteiger partial charge is 0.481 e. The van der Waals surface area contributed by atoms with Gasteiger partial charge in [-0.1, -0.05) is 26.8 Å². The molecule has 0 fully saturated rings. The highest BCUT2D eigenvalue weighted by molar-refractivity contribution is 6.05. The number of anilines is 1. The summed E-state index contributed by atoms with van der Waals surface area (Å²) in [6.45, 7) is 7.86. The van der Waals surface area contributed by atoms with E-state index >= 15 is 0 Å². The Morgan fingerprint density at radius 2 is 2.03 bits per heavy atom. The van der Waals surface area contributed by atoms with E-state index in [-0.39, 0.29) is 5.91 Å². The highest BCUT2D eigenvalue weighted by Gasteiger charge is 2.21. The van der Waals surface area contributed by atoms with Gasteiger partial charge in [0.15, 0.2) is 0 Å². The maximum Gasteiger partial charge on any atom is 0.258 e. The molecule has 4 heterocycles. The molecule has 1 aromatic carbocycles. The van der Waals surface area contributed by atoms with Gasteiger partial charge in [0.25, 0.3) is 5.91 Å². The molecule has 9 heteroatoms. The maximum atomic E-state index is 13.5. The third-order valence-corrected chi connectivity index (χ3v) is 6.67. The average Bonchev–Trinajstić information content (AvgIpc) is 3.40. The summed E-state index contributed by atoms with van der Waals surface area (Å²) in [7, 11) is 3.36. The lowest BCUT2D eigenvalue weighted by Crippen LogP contribution is -2.18. The molecule has 188 valence electrons. The van der Waals surface area contributed by atoms with Crippen LogP contribution in [0.4, 0.5) is 5.95 Å². The number of carbonyl (C=O) groups is 1. The molecule has 5 rings (SSSR count). The Hall–Kier alpha value is -3.88. The first-order valence-corrected chi connectivity index (χ1v) is 12.4. The number of benzene rings is 1. The van der Waals surface area contributed by atoms with E-state index in [9.17, 15) is 4.79 Å². The number of carbonyl (C=O) groups excluding carboxylic acids is 1. The molecular weight excluding hydrogens is 456 g/mol. The molecule has 4 aromatic rings. The Balaban J connectivity index is 1.63.